The molecule has 3 nitrogen and oxygen atoms in total. The molecule has 0 saturated heterocycles. The summed E-state index contributed by atoms with van der Waals surface area (Å²) in [6, 6.07) is 7.14. The molecule has 0 aliphatic carbocycles. The Kier molecular flexibility index (Phi) is 4.86. The first-order chi connectivity index (χ1) is 7.58. The first kappa shape index (κ1) is 12.6. The van der Waals surface area contributed by atoms with Crippen LogP contribution in [-0.2, 0) is 11.3 Å². The second kappa shape index (κ2) is 6.18. The van der Waals surface area contributed by atoms with Crippen molar-refractivity contribution < 1.29 is 9.53 Å². The SMILES string of the molecule is C=C(C)CNC(=O)OCc1ccc(Cl)cc1. The van der Waals surface area contributed by atoms with Gasteiger partial charge in [0, 0.05) is 11.6 Å². The van der Waals surface area contributed by atoms with Crippen molar-refractivity contribution in [3.05, 3.63) is 47.0 Å². The molecule has 1 aromatic carbocycles. The van der Waals surface area contributed by atoms with Gasteiger partial charge in [0.25, 0.3) is 0 Å². The zero-order valence-corrected chi connectivity index (χ0v) is 9.88. The third-order valence-corrected chi connectivity index (χ3v) is 2.07. The molecular weight excluding hydrogens is 226 g/mol. The molecule has 1 aromatic rings. The van der Waals surface area contributed by atoms with Crippen LogP contribution in [0.2, 0.25) is 5.02 Å². The maximum absolute atomic E-state index is 11.2. The van der Waals surface area contributed by atoms with E-state index in [4.69, 9.17) is 16.3 Å². The number of nitrogens with one attached hydrogen (secondary N) is 1. The fourth-order valence-corrected chi connectivity index (χ4v) is 1.13. The minimum absolute atomic E-state index is 0.235. The van der Waals surface area contributed by atoms with Gasteiger partial charge in [0.05, 0.1) is 0 Å². The van der Waals surface area contributed by atoms with Gasteiger partial charge in [-0.15, -0.1) is 0 Å². The van der Waals surface area contributed by atoms with Crippen LogP contribution in [0.1, 0.15) is 12.5 Å². The molecule has 0 radical (unpaired) electrons. The van der Waals surface area contributed by atoms with Gasteiger partial charge in [-0.25, -0.2) is 4.79 Å². The lowest BCUT2D eigenvalue weighted by molar-refractivity contribution is 0.140. The van der Waals surface area contributed by atoms with Gasteiger partial charge >= 0.3 is 6.09 Å². The number of amides is 1. The topological polar surface area (TPSA) is 38.3 Å². The van der Waals surface area contributed by atoms with E-state index in [9.17, 15) is 4.79 Å². The Morgan fingerprint density at radius 1 is 1.44 bits per heavy atom. The van der Waals surface area contributed by atoms with Crippen LogP contribution in [0.5, 0.6) is 0 Å². The quantitative estimate of drug-likeness (QED) is 0.820. The van der Waals surface area contributed by atoms with Gasteiger partial charge in [0.2, 0.25) is 0 Å². The van der Waals surface area contributed by atoms with E-state index < -0.39 is 6.09 Å². The van der Waals surface area contributed by atoms with E-state index in [0.717, 1.165) is 11.1 Å². The van der Waals surface area contributed by atoms with Gasteiger partial charge in [-0.05, 0) is 24.6 Å². The molecule has 0 fully saturated rings. The molecule has 0 unspecified atom stereocenters. The predicted molar refractivity (Wildman–Crippen MR) is 64.5 cm³/mol. The Hall–Kier alpha value is -1.48. The summed E-state index contributed by atoms with van der Waals surface area (Å²) < 4.78 is 4.98. The van der Waals surface area contributed by atoms with E-state index in [1.54, 1.807) is 12.1 Å². The summed E-state index contributed by atoms with van der Waals surface area (Å²) in [7, 11) is 0. The Balaban J connectivity index is 2.31. The number of halogens is 1. The molecule has 0 aliphatic heterocycles. The Morgan fingerprint density at radius 2 is 2.06 bits per heavy atom. The molecule has 0 heterocycles. The molecule has 1 rings (SSSR count). The van der Waals surface area contributed by atoms with Gasteiger partial charge < -0.3 is 10.1 Å². The van der Waals surface area contributed by atoms with Crippen LogP contribution in [0.4, 0.5) is 4.79 Å². The lowest BCUT2D eigenvalue weighted by atomic mass is 10.2. The number of ether oxygens (including phenoxy) is 1. The molecule has 0 saturated carbocycles. The number of benzene rings is 1. The summed E-state index contributed by atoms with van der Waals surface area (Å²) >= 11 is 5.73. The maximum atomic E-state index is 11.2. The van der Waals surface area contributed by atoms with Gasteiger partial charge in [0.1, 0.15) is 6.61 Å². The molecule has 0 atom stereocenters. The fraction of sp³-hybridized carbons (Fsp3) is 0.250. The minimum atomic E-state index is -0.446. The second-order valence-electron chi connectivity index (χ2n) is 3.51. The van der Waals surface area contributed by atoms with Crippen molar-refractivity contribution in [2.75, 3.05) is 6.54 Å². The number of hydrogen-bond acceptors (Lipinski definition) is 2. The molecule has 4 heteroatoms. The van der Waals surface area contributed by atoms with Crippen LogP contribution >= 0.6 is 11.6 Å². The lowest BCUT2D eigenvalue weighted by Gasteiger charge is -2.06. The highest BCUT2D eigenvalue weighted by atomic mass is 35.5. The molecule has 1 N–H and O–H groups in total. The summed E-state index contributed by atoms with van der Waals surface area (Å²) in [4.78, 5) is 11.2. The van der Waals surface area contributed by atoms with Crippen molar-refractivity contribution in [1.82, 2.24) is 5.32 Å². The van der Waals surface area contributed by atoms with Gasteiger partial charge in [-0.1, -0.05) is 35.9 Å². The molecule has 1 amide bonds. The summed E-state index contributed by atoms with van der Waals surface area (Å²) in [6.45, 7) is 6.17. The largest absolute Gasteiger partial charge is 0.445 e. The van der Waals surface area contributed by atoms with Crippen LogP contribution < -0.4 is 5.32 Å². The Bertz CT molecular complexity index is 373. The summed E-state index contributed by atoms with van der Waals surface area (Å²) in [6.07, 6.45) is -0.446. The predicted octanol–water partition coefficient (Wildman–Crippen LogP) is 3.14. The molecule has 0 spiro atoms. The Labute approximate surface area is 100 Å². The summed E-state index contributed by atoms with van der Waals surface area (Å²) in [5, 5.41) is 3.24. The van der Waals surface area contributed by atoms with E-state index in [0.29, 0.717) is 11.6 Å². The molecule has 0 bridgehead atoms. The molecule has 86 valence electrons. The molecule has 0 aliphatic rings. The van der Waals surface area contributed by atoms with Crippen molar-refractivity contribution in [1.29, 1.82) is 0 Å². The highest BCUT2D eigenvalue weighted by molar-refractivity contribution is 6.30. The molecule has 16 heavy (non-hydrogen) atoms. The fourth-order valence-electron chi connectivity index (χ4n) is 1.00. The van der Waals surface area contributed by atoms with Crippen LogP contribution in [0.15, 0.2) is 36.4 Å². The second-order valence-corrected chi connectivity index (χ2v) is 3.95. The number of alkyl carbamates (subject to hydrolysis) is 1. The van der Waals surface area contributed by atoms with Gasteiger partial charge in [0.15, 0.2) is 0 Å². The van der Waals surface area contributed by atoms with Crippen molar-refractivity contribution in [3.8, 4) is 0 Å². The first-order valence-corrected chi connectivity index (χ1v) is 5.25. The van der Waals surface area contributed by atoms with E-state index in [-0.39, 0.29) is 6.61 Å². The van der Waals surface area contributed by atoms with E-state index in [1.165, 1.54) is 0 Å². The molecular formula is C12H14ClNO2. The maximum Gasteiger partial charge on any atom is 0.407 e. The van der Waals surface area contributed by atoms with E-state index >= 15 is 0 Å². The third-order valence-electron chi connectivity index (χ3n) is 1.82. The first-order valence-electron chi connectivity index (χ1n) is 4.87. The number of carbonyl (C=O) groups is 1. The highest BCUT2D eigenvalue weighted by Gasteiger charge is 2.01. The van der Waals surface area contributed by atoms with Gasteiger partial charge in [-0.2, -0.15) is 0 Å². The summed E-state index contributed by atoms with van der Waals surface area (Å²) in [5.41, 5.74) is 1.78. The molecule has 0 aromatic heterocycles. The standard InChI is InChI=1S/C12H14ClNO2/c1-9(2)7-14-12(15)16-8-10-3-5-11(13)6-4-10/h3-6H,1,7-8H2,2H3,(H,14,15). The van der Waals surface area contributed by atoms with Crippen molar-refractivity contribution in [3.63, 3.8) is 0 Å². The zero-order valence-electron chi connectivity index (χ0n) is 9.13. The van der Waals surface area contributed by atoms with Crippen molar-refractivity contribution in [2.45, 2.75) is 13.5 Å². The minimum Gasteiger partial charge on any atom is -0.445 e. The summed E-state index contributed by atoms with van der Waals surface area (Å²) in [5.74, 6) is 0. The van der Waals surface area contributed by atoms with E-state index in [1.807, 2.05) is 19.1 Å². The normalized spacial score (nSPS) is 9.62. The van der Waals surface area contributed by atoms with Crippen LogP contribution in [0.25, 0.3) is 0 Å². The Morgan fingerprint density at radius 3 is 2.62 bits per heavy atom. The lowest BCUT2D eigenvalue weighted by Crippen LogP contribution is -2.25. The van der Waals surface area contributed by atoms with Crippen LogP contribution in [0, 0.1) is 0 Å². The van der Waals surface area contributed by atoms with Crippen molar-refractivity contribution in [2.24, 2.45) is 0 Å². The van der Waals surface area contributed by atoms with Crippen LogP contribution in [0.3, 0.4) is 0 Å². The smallest absolute Gasteiger partial charge is 0.407 e. The monoisotopic (exact) mass is 239 g/mol. The average molecular weight is 240 g/mol. The highest BCUT2D eigenvalue weighted by Crippen LogP contribution is 2.10. The number of hydrogen-bond donors (Lipinski definition) is 1. The van der Waals surface area contributed by atoms with E-state index in [2.05, 4.69) is 11.9 Å². The average Bonchev–Trinajstić information content (AvgIpc) is 2.25. The third kappa shape index (κ3) is 4.84. The van der Waals surface area contributed by atoms with Crippen molar-refractivity contribution >= 4 is 17.7 Å². The zero-order chi connectivity index (χ0) is 12.0. The number of rotatable bonds is 4. The van der Waals surface area contributed by atoms with Crippen LogP contribution in [-0.4, -0.2) is 12.6 Å². The number of carbonyl (C=O) groups excluding carboxylic acids is 1. The van der Waals surface area contributed by atoms with Gasteiger partial charge in [-0.3, -0.25) is 0 Å².